The lowest BCUT2D eigenvalue weighted by Crippen LogP contribution is -2.22. The third-order valence-corrected chi connectivity index (χ3v) is 3.18. The molecular weight excluding hydrogens is 257 g/mol. The Kier molecular flexibility index (Phi) is 5.28. The number of hydrogen-bond acceptors (Lipinski definition) is 5. The molecule has 0 amide bonds. The zero-order valence-electron chi connectivity index (χ0n) is 9.63. The van der Waals surface area contributed by atoms with Crippen LogP contribution in [-0.4, -0.2) is 27.2 Å². The SMILES string of the molecule is CC(=O)SCC(O)C(O)c1cc(C#N)ccc1F. The van der Waals surface area contributed by atoms with E-state index in [0.29, 0.717) is 0 Å². The summed E-state index contributed by atoms with van der Waals surface area (Å²) in [5.41, 5.74) is 0.0440. The molecule has 2 atom stereocenters. The van der Waals surface area contributed by atoms with Crippen LogP contribution in [0.3, 0.4) is 0 Å². The van der Waals surface area contributed by atoms with Gasteiger partial charge in [0, 0.05) is 18.2 Å². The average molecular weight is 269 g/mol. The number of benzene rings is 1. The Morgan fingerprint density at radius 3 is 2.78 bits per heavy atom. The van der Waals surface area contributed by atoms with Gasteiger partial charge in [0.15, 0.2) is 5.12 Å². The van der Waals surface area contributed by atoms with Crippen LogP contribution in [0.15, 0.2) is 18.2 Å². The van der Waals surface area contributed by atoms with E-state index < -0.39 is 18.0 Å². The summed E-state index contributed by atoms with van der Waals surface area (Å²) in [4.78, 5) is 10.7. The number of halogens is 1. The van der Waals surface area contributed by atoms with Gasteiger partial charge in [-0.2, -0.15) is 5.26 Å². The van der Waals surface area contributed by atoms with Gasteiger partial charge in [-0.25, -0.2) is 4.39 Å². The van der Waals surface area contributed by atoms with Crippen LogP contribution in [0.25, 0.3) is 0 Å². The number of aliphatic hydroxyl groups excluding tert-OH is 2. The molecule has 4 nitrogen and oxygen atoms in total. The van der Waals surface area contributed by atoms with Crippen molar-refractivity contribution in [1.29, 1.82) is 5.26 Å². The summed E-state index contributed by atoms with van der Waals surface area (Å²) in [5.74, 6) is -0.736. The van der Waals surface area contributed by atoms with Crippen molar-refractivity contribution < 1.29 is 19.4 Å². The molecule has 1 aromatic rings. The van der Waals surface area contributed by atoms with Crippen LogP contribution in [0.4, 0.5) is 4.39 Å². The Morgan fingerprint density at radius 1 is 1.56 bits per heavy atom. The lowest BCUT2D eigenvalue weighted by molar-refractivity contribution is -0.109. The quantitative estimate of drug-likeness (QED) is 0.862. The van der Waals surface area contributed by atoms with Gasteiger partial charge in [0.1, 0.15) is 11.9 Å². The fraction of sp³-hybridized carbons (Fsp3) is 0.333. The van der Waals surface area contributed by atoms with Gasteiger partial charge in [-0.15, -0.1) is 0 Å². The van der Waals surface area contributed by atoms with Gasteiger partial charge in [-0.3, -0.25) is 4.79 Å². The fourth-order valence-electron chi connectivity index (χ4n) is 1.34. The molecule has 96 valence electrons. The van der Waals surface area contributed by atoms with E-state index in [9.17, 15) is 19.4 Å². The van der Waals surface area contributed by atoms with E-state index in [2.05, 4.69) is 0 Å². The minimum absolute atomic E-state index is 0.0350. The first-order chi connectivity index (χ1) is 8.45. The molecular formula is C12H12FNO3S. The topological polar surface area (TPSA) is 81.3 Å². The molecule has 1 aromatic carbocycles. The van der Waals surface area contributed by atoms with Gasteiger partial charge < -0.3 is 10.2 Å². The van der Waals surface area contributed by atoms with E-state index in [1.807, 2.05) is 6.07 Å². The highest BCUT2D eigenvalue weighted by atomic mass is 32.2. The monoisotopic (exact) mass is 269 g/mol. The minimum Gasteiger partial charge on any atom is -0.389 e. The Hall–Kier alpha value is -1.42. The largest absolute Gasteiger partial charge is 0.389 e. The van der Waals surface area contributed by atoms with Crippen molar-refractivity contribution in [3.8, 4) is 6.07 Å². The summed E-state index contributed by atoms with van der Waals surface area (Å²) in [7, 11) is 0. The van der Waals surface area contributed by atoms with Gasteiger partial charge >= 0.3 is 0 Å². The van der Waals surface area contributed by atoms with Crippen LogP contribution in [0.5, 0.6) is 0 Å². The summed E-state index contributed by atoms with van der Waals surface area (Å²) < 4.78 is 13.5. The van der Waals surface area contributed by atoms with E-state index in [1.165, 1.54) is 19.1 Å². The highest BCUT2D eigenvalue weighted by Gasteiger charge is 2.22. The Labute approximate surface area is 108 Å². The van der Waals surface area contributed by atoms with E-state index in [-0.39, 0.29) is 22.0 Å². The third-order valence-electron chi connectivity index (χ3n) is 2.27. The van der Waals surface area contributed by atoms with Crippen LogP contribution < -0.4 is 0 Å². The van der Waals surface area contributed by atoms with E-state index in [1.54, 1.807) is 0 Å². The van der Waals surface area contributed by atoms with Crippen molar-refractivity contribution >= 4 is 16.9 Å². The standard InChI is InChI=1S/C12H12FNO3S/c1-7(15)18-6-11(16)12(17)9-4-8(5-14)2-3-10(9)13/h2-4,11-12,16-17H,6H2,1H3. The van der Waals surface area contributed by atoms with Crippen molar-refractivity contribution in [3.63, 3.8) is 0 Å². The Balaban J connectivity index is 2.85. The zero-order chi connectivity index (χ0) is 13.7. The molecule has 0 spiro atoms. The second kappa shape index (κ2) is 6.50. The third kappa shape index (κ3) is 3.81. The smallest absolute Gasteiger partial charge is 0.185 e. The first-order valence-electron chi connectivity index (χ1n) is 5.14. The van der Waals surface area contributed by atoms with Crippen molar-refractivity contribution in [2.24, 2.45) is 0 Å². The van der Waals surface area contributed by atoms with E-state index in [4.69, 9.17) is 5.26 Å². The highest BCUT2D eigenvalue weighted by Crippen LogP contribution is 2.23. The molecule has 2 N–H and O–H groups in total. The van der Waals surface area contributed by atoms with Crippen molar-refractivity contribution in [3.05, 3.63) is 35.1 Å². The average Bonchev–Trinajstić information content (AvgIpc) is 2.35. The summed E-state index contributed by atoms with van der Waals surface area (Å²) in [5, 5.41) is 27.9. The molecule has 0 aromatic heterocycles. The predicted octanol–water partition coefficient (Wildman–Crippen LogP) is 1.37. The van der Waals surface area contributed by atoms with Gasteiger partial charge in [0.25, 0.3) is 0 Å². The minimum atomic E-state index is -1.47. The van der Waals surface area contributed by atoms with Crippen molar-refractivity contribution in [2.75, 3.05) is 5.75 Å². The fourth-order valence-corrected chi connectivity index (χ4v) is 1.93. The number of rotatable bonds is 4. The maximum atomic E-state index is 13.5. The van der Waals surface area contributed by atoms with Crippen molar-refractivity contribution in [2.45, 2.75) is 19.1 Å². The molecule has 0 bridgehead atoms. The summed E-state index contributed by atoms with van der Waals surface area (Å²) >= 11 is 0.842. The molecule has 6 heteroatoms. The number of nitriles is 1. The first-order valence-corrected chi connectivity index (χ1v) is 6.13. The summed E-state index contributed by atoms with van der Waals surface area (Å²) in [6, 6.07) is 5.34. The highest BCUT2D eigenvalue weighted by molar-refractivity contribution is 8.13. The first kappa shape index (κ1) is 14.6. The van der Waals surface area contributed by atoms with E-state index >= 15 is 0 Å². The molecule has 0 radical (unpaired) electrons. The lowest BCUT2D eigenvalue weighted by Gasteiger charge is -2.18. The lowest BCUT2D eigenvalue weighted by atomic mass is 10.0. The molecule has 2 unspecified atom stereocenters. The molecule has 1 rings (SSSR count). The maximum Gasteiger partial charge on any atom is 0.185 e. The van der Waals surface area contributed by atoms with Gasteiger partial charge in [0.2, 0.25) is 0 Å². The molecule has 0 saturated carbocycles. The van der Waals surface area contributed by atoms with Crippen LogP contribution in [0, 0.1) is 17.1 Å². The zero-order valence-corrected chi connectivity index (χ0v) is 10.4. The van der Waals surface area contributed by atoms with Gasteiger partial charge in [0.05, 0.1) is 17.7 Å². The molecule has 0 aliphatic rings. The number of thioether (sulfide) groups is 1. The van der Waals surface area contributed by atoms with Crippen LogP contribution in [0.2, 0.25) is 0 Å². The molecule has 0 fully saturated rings. The number of nitrogens with zero attached hydrogens (tertiary/aromatic N) is 1. The number of carbonyl (C=O) groups is 1. The number of hydrogen-bond donors (Lipinski definition) is 2. The molecule has 0 heterocycles. The van der Waals surface area contributed by atoms with Crippen LogP contribution in [-0.2, 0) is 4.79 Å². The number of aliphatic hydroxyl groups is 2. The summed E-state index contributed by atoms with van der Waals surface area (Å²) in [6.45, 7) is 1.33. The van der Waals surface area contributed by atoms with Gasteiger partial charge in [-0.1, -0.05) is 11.8 Å². The van der Waals surface area contributed by atoms with E-state index in [0.717, 1.165) is 17.8 Å². The normalized spacial score (nSPS) is 13.7. The Bertz CT molecular complexity index is 487. The Morgan fingerprint density at radius 2 is 2.22 bits per heavy atom. The molecule has 18 heavy (non-hydrogen) atoms. The van der Waals surface area contributed by atoms with Gasteiger partial charge in [-0.05, 0) is 18.2 Å². The second-order valence-corrected chi connectivity index (χ2v) is 4.86. The molecule has 0 saturated heterocycles. The predicted molar refractivity (Wildman–Crippen MR) is 65.2 cm³/mol. The van der Waals surface area contributed by atoms with Crippen LogP contribution >= 0.6 is 11.8 Å². The van der Waals surface area contributed by atoms with Crippen molar-refractivity contribution in [1.82, 2.24) is 0 Å². The second-order valence-electron chi connectivity index (χ2n) is 3.66. The molecule has 0 aliphatic carbocycles. The maximum absolute atomic E-state index is 13.5. The van der Waals surface area contributed by atoms with Crippen LogP contribution in [0.1, 0.15) is 24.2 Å². The number of carbonyl (C=O) groups excluding carboxylic acids is 1. The summed E-state index contributed by atoms with van der Waals surface area (Å²) in [6.07, 6.45) is -2.74. The molecule has 0 aliphatic heterocycles.